The molecule has 2 aromatic rings. The number of halogens is 1. The predicted octanol–water partition coefficient (Wildman–Crippen LogP) is 2.84. The molecule has 0 saturated carbocycles. The van der Waals surface area contributed by atoms with Crippen molar-refractivity contribution < 1.29 is 18.3 Å². The van der Waals surface area contributed by atoms with Gasteiger partial charge in [0.25, 0.3) is 10.0 Å². The van der Waals surface area contributed by atoms with Gasteiger partial charge >= 0.3 is 5.97 Å². The summed E-state index contributed by atoms with van der Waals surface area (Å²) >= 11 is 6.13. The Morgan fingerprint density at radius 1 is 1.43 bits per heavy atom. The van der Waals surface area contributed by atoms with Gasteiger partial charge in [0.1, 0.15) is 15.5 Å². The van der Waals surface area contributed by atoms with Crippen LogP contribution in [0, 0.1) is 0 Å². The Labute approximate surface area is 137 Å². The summed E-state index contributed by atoms with van der Waals surface area (Å²) in [5.41, 5.74) is -0.253. The highest BCUT2D eigenvalue weighted by atomic mass is 35.5. The molecule has 0 radical (unpaired) electrons. The summed E-state index contributed by atoms with van der Waals surface area (Å²) in [5, 5.41) is 9.19. The van der Waals surface area contributed by atoms with Gasteiger partial charge in [-0.25, -0.2) is 22.2 Å². The fourth-order valence-corrected chi connectivity index (χ4v) is 4.78. The lowest BCUT2D eigenvalue weighted by atomic mass is 10.0. The average molecular weight is 353 g/mol. The highest BCUT2D eigenvalue weighted by molar-refractivity contribution is 7.91. The molecule has 0 fully saturated rings. The fraction of sp³-hybridized carbons (Fsp3) is 0.200. The Bertz CT molecular complexity index is 975. The summed E-state index contributed by atoms with van der Waals surface area (Å²) in [7, 11) is -4.01. The van der Waals surface area contributed by atoms with Gasteiger partial charge in [-0.2, -0.15) is 0 Å². The van der Waals surface area contributed by atoms with Gasteiger partial charge in [-0.1, -0.05) is 35.9 Å². The highest BCUT2D eigenvalue weighted by Crippen LogP contribution is 2.36. The van der Waals surface area contributed by atoms with Gasteiger partial charge in [-0.15, -0.1) is 0 Å². The minimum absolute atomic E-state index is 0.0130. The molecule has 0 bridgehead atoms. The van der Waals surface area contributed by atoms with E-state index in [9.17, 15) is 18.3 Å². The first-order valence-electron chi connectivity index (χ1n) is 6.77. The molecule has 6 nitrogen and oxygen atoms in total. The van der Waals surface area contributed by atoms with Crippen molar-refractivity contribution in [2.75, 3.05) is 0 Å². The number of carboxylic acids is 1. The molecule has 0 aromatic carbocycles. The van der Waals surface area contributed by atoms with E-state index < -0.39 is 20.7 Å². The molecule has 0 amide bonds. The Kier molecular flexibility index (Phi) is 3.57. The fourth-order valence-electron chi connectivity index (χ4n) is 2.59. The first kappa shape index (κ1) is 15.8. The molecular weight excluding hydrogens is 340 g/mol. The van der Waals surface area contributed by atoms with E-state index in [1.54, 1.807) is 31.2 Å². The van der Waals surface area contributed by atoms with E-state index >= 15 is 0 Å². The van der Waals surface area contributed by atoms with Crippen LogP contribution in [0.2, 0.25) is 5.15 Å². The zero-order valence-corrected chi connectivity index (χ0v) is 13.7. The number of aromatic carboxylic acids is 1. The van der Waals surface area contributed by atoms with Gasteiger partial charge in [0.2, 0.25) is 0 Å². The van der Waals surface area contributed by atoms with Crippen LogP contribution in [-0.2, 0) is 10.0 Å². The van der Waals surface area contributed by atoms with E-state index in [-0.39, 0.29) is 28.2 Å². The topological polar surface area (TPSA) is 89.3 Å². The Morgan fingerprint density at radius 3 is 2.78 bits per heavy atom. The lowest BCUT2D eigenvalue weighted by Gasteiger charge is -2.27. The molecule has 8 heteroatoms. The monoisotopic (exact) mass is 352 g/mol. The van der Waals surface area contributed by atoms with Crippen LogP contribution >= 0.6 is 11.6 Å². The lowest BCUT2D eigenvalue weighted by molar-refractivity contribution is 0.0699. The Balaban J connectivity index is 2.37. The van der Waals surface area contributed by atoms with Crippen molar-refractivity contribution in [1.82, 2.24) is 8.96 Å². The smallest absolute Gasteiger partial charge is 0.339 e. The van der Waals surface area contributed by atoms with Crippen molar-refractivity contribution in [3.05, 3.63) is 53.4 Å². The quantitative estimate of drug-likeness (QED) is 0.917. The number of carbonyl (C=O) groups is 1. The number of hydrogen-bond donors (Lipinski definition) is 1. The van der Waals surface area contributed by atoms with Crippen LogP contribution in [0.15, 0.2) is 42.6 Å². The molecular formula is C15H13ClN2O4S. The number of rotatable bonds is 3. The lowest BCUT2D eigenvalue weighted by Crippen LogP contribution is -2.38. The zero-order valence-electron chi connectivity index (χ0n) is 12.1. The molecule has 1 N–H and O–H groups in total. The summed E-state index contributed by atoms with van der Waals surface area (Å²) < 4.78 is 25.9. The number of hydrogen-bond acceptors (Lipinski definition) is 4. The second kappa shape index (κ2) is 5.21. The first-order valence-corrected chi connectivity index (χ1v) is 8.59. The van der Waals surface area contributed by atoms with Crippen molar-refractivity contribution in [1.29, 1.82) is 0 Å². The molecule has 2 heterocycles. The highest BCUT2D eigenvalue weighted by Gasteiger charge is 2.41. The van der Waals surface area contributed by atoms with Crippen LogP contribution in [0.5, 0.6) is 0 Å². The average Bonchev–Trinajstić information content (AvgIpc) is 2.80. The van der Waals surface area contributed by atoms with Gasteiger partial charge in [0.05, 0.1) is 0 Å². The van der Waals surface area contributed by atoms with Crippen LogP contribution in [-0.4, -0.2) is 33.2 Å². The summed E-state index contributed by atoms with van der Waals surface area (Å²) in [6.45, 7) is 1.56. The Hall–Kier alpha value is -2.12. The number of aromatic nitrogens is 2. The number of fused-ring (bicyclic) bond motifs is 1. The second-order valence-corrected chi connectivity index (χ2v) is 8.02. The van der Waals surface area contributed by atoms with Gasteiger partial charge in [0.15, 0.2) is 5.65 Å². The summed E-state index contributed by atoms with van der Waals surface area (Å²) in [4.78, 5) is 15.5. The third-order valence-corrected chi connectivity index (χ3v) is 6.67. The van der Waals surface area contributed by atoms with E-state index in [2.05, 4.69) is 4.98 Å². The van der Waals surface area contributed by atoms with Gasteiger partial charge < -0.3 is 5.11 Å². The number of carboxylic acid groups (broad SMARTS) is 1. The number of nitrogens with zero attached hydrogens (tertiary/aromatic N) is 2. The van der Waals surface area contributed by atoms with Crippen LogP contribution in [0.3, 0.4) is 0 Å². The van der Waals surface area contributed by atoms with E-state index in [1.807, 2.05) is 0 Å². The van der Waals surface area contributed by atoms with Crippen LogP contribution in [0.4, 0.5) is 0 Å². The van der Waals surface area contributed by atoms with E-state index in [1.165, 1.54) is 18.3 Å². The molecule has 0 spiro atoms. The minimum atomic E-state index is -4.01. The standard InChI is InChI=1S/C15H13ClN2O4S/c1-15(7-3-2-4-8-15)23(21,22)18-12(16)11(14(19)20)10-6-5-9-17-13(10)18/h2-7,9H,8H2,1H3,(H,19,20). The summed E-state index contributed by atoms with van der Waals surface area (Å²) in [6, 6.07) is 3.02. The molecule has 3 rings (SSSR count). The summed E-state index contributed by atoms with van der Waals surface area (Å²) in [6.07, 6.45) is 8.36. The van der Waals surface area contributed by atoms with Crippen molar-refractivity contribution in [2.24, 2.45) is 0 Å². The van der Waals surface area contributed by atoms with Crippen molar-refractivity contribution >= 4 is 38.6 Å². The first-order chi connectivity index (χ1) is 10.8. The molecule has 1 aliphatic rings. The SMILES string of the molecule is CC1(S(=O)(=O)n2c(Cl)c(C(=O)O)c3cccnc32)C=CC=CC1. The second-order valence-electron chi connectivity index (χ2n) is 5.42. The van der Waals surface area contributed by atoms with E-state index in [0.29, 0.717) is 0 Å². The number of pyridine rings is 1. The molecule has 1 atom stereocenters. The largest absolute Gasteiger partial charge is 0.478 e. The van der Waals surface area contributed by atoms with Gasteiger partial charge in [-0.3, -0.25) is 0 Å². The Morgan fingerprint density at radius 2 is 2.17 bits per heavy atom. The molecule has 1 aliphatic carbocycles. The van der Waals surface area contributed by atoms with Crippen molar-refractivity contribution in [2.45, 2.75) is 18.1 Å². The molecule has 0 aliphatic heterocycles. The summed E-state index contributed by atoms with van der Waals surface area (Å²) in [5.74, 6) is -1.30. The number of allylic oxidation sites excluding steroid dienone is 3. The van der Waals surface area contributed by atoms with Crippen molar-refractivity contribution in [3.63, 3.8) is 0 Å². The molecule has 1 unspecified atom stereocenters. The minimum Gasteiger partial charge on any atom is -0.478 e. The maximum atomic E-state index is 13.1. The third-order valence-electron chi connectivity index (χ3n) is 3.90. The normalized spacial score (nSPS) is 21.0. The van der Waals surface area contributed by atoms with Gasteiger partial charge in [-0.05, 0) is 25.5 Å². The maximum absolute atomic E-state index is 13.1. The van der Waals surface area contributed by atoms with Crippen molar-refractivity contribution in [3.8, 4) is 0 Å². The van der Waals surface area contributed by atoms with Crippen LogP contribution < -0.4 is 0 Å². The molecule has 2 aromatic heterocycles. The van der Waals surface area contributed by atoms with Crippen LogP contribution in [0.1, 0.15) is 23.7 Å². The zero-order chi connectivity index (χ0) is 16.8. The predicted molar refractivity (Wildman–Crippen MR) is 87.3 cm³/mol. The molecule has 120 valence electrons. The molecule has 23 heavy (non-hydrogen) atoms. The van der Waals surface area contributed by atoms with E-state index in [0.717, 1.165) is 3.97 Å². The van der Waals surface area contributed by atoms with E-state index in [4.69, 9.17) is 11.6 Å². The van der Waals surface area contributed by atoms with Crippen LogP contribution in [0.25, 0.3) is 11.0 Å². The third kappa shape index (κ3) is 2.19. The maximum Gasteiger partial charge on any atom is 0.339 e. The molecule has 0 saturated heterocycles. The van der Waals surface area contributed by atoms with Gasteiger partial charge in [0, 0.05) is 11.6 Å².